The van der Waals surface area contributed by atoms with Crippen molar-refractivity contribution in [1.82, 2.24) is 9.78 Å². The molecule has 3 rings (SSSR count). The van der Waals surface area contributed by atoms with Crippen molar-refractivity contribution in [2.24, 2.45) is 7.05 Å². The van der Waals surface area contributed by atoms with E-state index in [9.17, 15) is 19.2 Å². The molecule has 0 aliphatic carbocycles. The molecule has 1 unspecified atom stereocenters. The summed E-state index contributed by atoms with van der Waals surface area (Å²) < 4.78 is 6.31. The zero-order valence-electron chi connectivity index (χ0n) is 15.8. The summed E-state index contributed by atoms with van der Waals surface area (Å²) in [4.78, 5) is 51.0. The van der Waals surface area contributed by atoms with E-state index in [1.165, 1.54) is 15.8 Å². The highest BCUT2D eigenvalue weighted by molar-refractivity contribution is 6.52. The lowest BCUT2D eigenvalue weighted by Crippen LogP contribution is -2.47. The number of amides is 2. The van der Waals surface area contributed by atoms with Gasteiger partial charge < -0.3 is 10.1 Å². The number of fused-ring (bicyclic) bond motifs is 1. The Hall–Kier alpha value is -3.49. The molecule has 28 heavy (non-hydrogen) atoms. The predicted molar refractivity (Wildman–Crippen MR) is 100 cm³/mol. The Bertz CT molecular complexity index is 965. The summed E-state index contributed by atoms with van der Waals surface area (Å²) in [6.45, 7) is 3.59. The van der Waals surface area contributed by atoms with Crippen LogP contribution in [0.15, 0.2) is 30.5 Å². The fraction of sp³-hybridized carbons (Fsp3) is 0.316. The molecule has 0 radical (unpaired) electrons. The van der Waals surface area contributed by atoms with Crippen LogP contribution in [0.3, 0.4) is 0 Å². The van der Waals surface area contributed by atoms with Gasteiger partial charge in [-0.25, -0.2) is 4.79 Å². The van der Waals surface area contributed by atoms with Gasteiger partial charge in [-0.05, 0) is 25.5 Å². The van der Waals surface area contributed by atoms with E-state index in [2.05, 4.69) is 10.4 Å². The first-order valence-corrected chi connectivity index (χ1v) is 8.87. The number of hydrogen-bond acceptors (Lipinski definition) is 6. The van der Waals surface area contributed by atoms with E-state index in [1.807, 2.05) is 0 Å². The number of rotatable bonds is 6. The number of anilines is 2. The molecule has 0 fully saturated rings. The number of para-hydroxylation sites is 1. The minimum atomic E-state index is -0.926. The smallest absolute Gasteiger partial charge is 0.343 e. The van der Waals surface area contributed by atoms with Crippen LogP contribution in [-0.4, -0.2) is 46.0 Å². The van der Waals surface area contributed by atoms with Crippen molar-refractivity contribution < 1.29 is 23.9 Å². The van der Waals surface area contributed by atoms with E-state index in [-0.39, 0.29) is 30.0 Å². The number of Topliss-reactive ketones (excluding diaryl/α,β-unsaturated/α-hetero) is 1. The van der Waals surface area contributed by atoms with E-state index in [1.54, 1.807) is 45.2 Å². The van der Waals surface area contributed by atoms with Gasteiger partial charge in [0.2, 0.25) is 5.91 Å². The molecule has 0 saturated heterocycles. The number of carbonyl (C=O) groups excluding carboxylic acids is 4. The molecular weight excluding hydrogens is 364 g/mol. The molecule has 1 N–H and O–H groups in total. The molecule has 1 aliphatic heterocycles. The van der Waals surface area contributed by atoms with Gasteiger partial charge in [0.1, 0.15) is 17.4 Å². The van der Waals surface area contributed by atoms with E-state index in [0.717, 1.165) is 0 Å². The number of ketones is 1. The average Bonchev–Trinajstić information content (AvgIpc) is 3.16. The lowest BCUT2D eigenvalue weighted by molar-refractivity contribution is -0.121. The van der Waals surface area contributed by atoms with E-state index in [4.69, 9.17) is 4.74 Å². The Morgan fingerprint density at radius 3 is 2.61 bits per heavy atom. The third-order valence-electron chi connectivity index (χ3n) is 4.50. The number of aromatic nitrogens is 2. The molecule has 1 atom stereocenters. The summed E-state index contributed by atoms with van der Waals surface area (Å²) in [6, 6.07) is 5.62. The SMILES string of the molecule is CCOC(=O)c1cnn(C)c1NC(=O)C(CC)N1C(=O)C(=O)c2ccccc21. The van der Waals surface area contributed by atoms with Crippen LogP contribution in [0, 0.1) is 0 Å². The van der Waals surface area contributed by atoms with Crippen molar-refractivity contribution in [2.45, 2.75) is 26.3 Å². The van der Waals surface area contributed by atoms with Crippen LogP contribution in [0.4, 0.5) is 11.5 Å². The number of carbonyl (C=O) groups is 4. The second-order valence-electron chi connectivity index (χ2n) is 6.19. The van der Waals surface area contributed by atoms with Crippen LogP contribution >= 0.6 is 0 Å². The molecule has 9 nitrogen and oxygen atoms in total. The summed E-state index contributed by atoms with van der Waals surface area (Å²) in [5.41, 5.74) is 0.776. The Morgan fingerprint density at radius 1 is 1.21 bits per heavy atom. The Labute approximate surface area is 161 Å². The van der Waals surface area contributed by atoms with Gasteiger partial charge in [0.15, 0.2) is 0 Å². The molecule has 2 amide bonds. The fourth-order valence-corrected chi connectivity index (χ4v) is 3.15. The monoisotopic (exact) mass is 384 g/mol. The van der Waals surface area contributed by atoms with E-state index < -0.39 is 29.6 Å². The fourth-order valence-electron chi connectivity index (χ4n) is 3.15. The standard InChI is InChI=1S/C19H20N4O5/c1-4-13(23-14-9-7-6-8-11(14)15(24)18(23)26)17(25)21-16-12(10-20-22(16)3)19(27)28-5-2/h6-10,13H,4-5H2,1-3H3,(H,21,25). The van der Waals surface area contributed by atoms with Crippen LogP contribution in [0.1, 0.15) is 41.0 Å². The van der Waals surface area contributed by atoms with Gasteiger partial charge in [-0.15, -0.1) is 0 Å². The maximum absolute atomic E-state index is 13.0. The van der Waals surface area contributed by atoms with Gasteiger partial charge in [-0.2, -0.15) is 5.10 Å². The van der Waals surface area contributed by atoms with Crippen LogP contribution in [0.25, 0.3) is 0 Å². The zero-order chi connectivity index (χ0) is 20.4. The van der Waals surface area contributed by atoms with Gasteiger partial charge in [0.25, 0.3) is 11.7 Å². The second-order valence-corrected chi connectivity index (χ2v) is 6.19. The number of esters is 1. The van der Waals surface area contributed by atoms with Crippen LogP contribution in [0.5, 0.6) is 0 Å². The van der Waals surface area contributed by atoms with Crippen molar-refractivity contribution in [1.29, 1.82) is 0 Å². The first-order valence-electron chi connectivity index (χ1n) is 8.87. The Balaban J connectivity index is 1.91. The predicted octanol–water partition coefficient (Wildman–Crippen LogP) is 1.54. The van der Waals surface area contributed by atoms with Crippen molar-refractivity contribution in [3.8, 4) is 0 Å². The molecule has 0 saturated carbocycles. The number of aryl methyl sites for hydroxylation is 1. The van der Waals surface area contributed by atoms with Gasteiger partial charge in [0.05, 0.1) is 24.1 Å². The molecule has 146 valence electrons. The topological polar surface area (TPSA) is 111 Å². The zero-order valence-corrected chi connectivity index (χ0v) is 15.8. The van der Waals surface area contributed by atoms with Crippen LogP contribution < -0.4 is 10.2 Å². The number of hydrogen-bond donors (Lipinski definition) is 1. The number of nitrogens with zero attached hydrogens (tertiary/aromatic N) is 3. The first kappa shape index (κ1) is 19.3. The Kier molecular flexibility index (Phi) is 5.25. The largest absolute Gasteiger partial charge is 0.462 e. The number of benzene rings is 1. The summed E-state index contributed by atoms with van der Waals surface area (Å²) in [5, 5.41) is 6.63. The van der Waals surface area contributed by atoms with Crippen molar-refractivity contribution in [2.75, 3.05) is 16.8 Å². The molecule has 2 heterocycles. The third kappa shape index (κ3) is 3.15. The highest BCUT2D eigenvalue weighted by Crippen LogP contribution is 2.31. The highest BCUT2D eigenvalue weighted by Gasteiger charge is 2.41. The second kappa shape index (κ2) is 7.63. The van der Waals surface area contributed by atoms with Gasteiger partial charge in [0, 0.05) is 7.05 Å². The summed E-state index contributed by atoms with van der Waals surface area (Å²) in [5.74, 6) is -2.38. The number of ether oxygens (including phenoxy) is 1. The molecule has 2 aromatic rings. The lowest BCUT2D eigenvalue weighted by atomic mass is 10.1. The number of nitrogens with one attached hydrogen (secondary N) is 1. The van der Waals surface area contributed by atoms with E-state index >= 15 is 0 Å². The minimum absolute atomic E-state index is 0.108. The summed E-state index contributed by atoms with van der Waals surface area (Å²) >= 11 is 0. The summed E-state index contributed by atoms with van der Waals surface area (Å²) in [7, 11) is 1.57. The third-order valence-corrected chi connectivity index (χ3v) is 4.50. The lowest BCUT2D eigenvalue weighted by Gasteiger charge is -2.26. The molecule has 1 aromatic heterocycles. The quantitative estimate of drug-likeness (QED) is 0.597. The molecular formula is C19H20N4O5. The molecule has 9 heteroatoms. The van der Waals surface area contributed by atoms with Crippen molar-refractivity contribution >= 4 is 35.1 Å². The summed E-state index contributed by atoms with van der Waals surface area (Å²) in [6.07, 6.45) is 1.57. The maximum atomic E-state index is 13.0. The van der Waals surface area contributed by atoms with Crippen LogP contribution in [0.2, 0.25) is 0 Å². The normalized spacial score (nSPS) is 14.0. The average molecular weight is 384 g/mol. The Morgan fingerprint density at radius 2 is 1.93 bits per heavy atom. The van der Waals surface area contributed by atoms with E-state index in [0.29, 0.717) is 5.69 Å². The van der Waals surface area contributed by atoms with Gasteiger partial charge in [-0.1, -0.05) is 19.1 Å². The molecule has 0 bridgehead atoms. The molecule has 1 aromatic carbocycles. The van der Waals surface area contributed by atoms with Crippen LogP contribution in [-0.2, 0) is 21.4 Å². The molecule has 0 spiro atoms. The van der Waals surface area contributed by atoms with Crippen molar-refractivity contribution in [3.05, 3.63) is 41.6 Å². The highest BCUT2D eigenvalue weighted by atomic mass is 16.5. The molecule has 1 aliphatic rings. The minimum Gasteiger partial charge on any atom is -0.462 e. The maximum Gasteiger partial charge on any atom is 0.343 e. The van der Waals surface area contributed by atoms with Gasteiger partial charge in [-0.3, -0.25) is 24.0 Å². The first-order chi connectivity index (χ1) is 13.4. The van der Waals surface area contributed by atoms with Crippen molar-refractivity contribution in [3.63, 3.8) is 0 Å². The van der Waals surface area contributed by atoms with Gasteiger partial charge >= 0.3 is 5.97 Å².